The van der Waals surface area contributed by atoms with Gasteiger partial charge >= 0.3 is 0 Å². The molecule has 0 spiro atoms. The highest BCUT2D eigenvalue weighted by Crippen LogP contribution is 2.25. The van der Waals surface area contributed by atoms with Crippen LogP contribution in [0.15, 0.2) is 42.5 Å². The fraction of sp³-hybridized carbons (Fsp3) is 0.316. The average molecular weight is 379 g/mol. The van der Waals surface area contributed by atoms with Crippen molar-refractivity contribution >= 4 is 40.5 Å². The van der Waals surface area contributed by atoms with Gasteiger partial charge in [-0.1, -0.05) is 23.2 Å². The first-order valence-electron chi connectivity index (χ1n) is 8.21. The zero-order valence-electron chi connectivity index (χ0n) is 14.0. The Bertz CT molecular complexity index is 750. The van der Waals surface area contributed by atoms with E-state index in [1.54, 1.807) is 25.3 Å². The molecule has 1 amide bonds. The quantitative estimate of drug-likeness (QED) is 0.825. The van der Waals surface area contributed by atoms with Crippen molar-refractivity contribution in [2.24, 2.45) is 0 Å². The minimum atomic E-state index is -0.219. The Labute approximate surface area is 157 Å². The number of piperidine rings is 1. The molecule has 0 saturated carbocycles. The average Bonchev–Trinajstić information content (AvgIpc) is 2.64. The van der Waals surface area contributed by atoms with Crippen LogP contribution < -0.4 is 10.2 Å². The summed E-state index contributed by atoms with van der Waals surface area (Å²) in [6.45, 7) is 1.92. The molecule has 0 bridgehead atoms. The van der Waals surface area contributed by atoms with Gasteiger partial charge in [0.25, 0.3) is 5.91 Å². The van der Waals surface area contributed by atoms with Crippen molar-refractivity contribution in [3.8, 4) is 0 Å². The number of anilines is 2. The van der Waals surface area contributed by atoms with Crippen molar-refractivity contribution in [2.75, 3.05) is 30.4 Å². The number of carbonyl (C=O) groups excluding carboxylic acids is 1. The number of methoxy groups -OCH3 is 1. The van der Waals surface area contributed by atoms with Gasteiger partial charge in [-0.3, -0.25) is 4.79 Å². The number of amides is 1. The molecule has 1 saturated heterocycles. The molecule has 1 aliphatic heterocycles. The summed E-state index contributed by atoms with van der Waals surface area (Å²) < 4.78 is 5.47. The highest BCUT2D eigenvalue weighted by atomic mass is 35.5. The summed E-state index contributed by atoms with van der Waals surface area (Å²) in [5.74, 6) is -0.219. The van der Waals surface area contributed by atoms with Gasteiger partial charge in [0.2, 0.25) is 0 Å². The molecule has 132 valence electrons. The van der Waals surface area contributed by atoms with Crippen molar-refractivity contribution in [1.29, 1.82) is 0 Å². The largest absolute Gasteiger partial charge is 0.380 e. The van der Waals surface area contributed by atoms with Crippen molar-refractivity contribution in [2.45, 2.75) is 18.9 Å². The van der Waals surface area contributed by atoms with Gasteiger partial charge in [0.05, 0.1) is 16.1 Å². The van der Waals surface area contributed by atoms with Crippen molar-refractivity contribution in [3.63, 3.8) is 0 Å². The molecule has 1 heterocycles. The van der Waals surface area contributed by atoms with Gasteiger partial charge in [-0.15, -0.1) is 0 Å². The summed E-state index contributed by atoms with van der Waals surface area (Å²) in [6, 6.07) is 12.7. The Morgan fingerprint density at radius 1 is 1.16 bits per heavy atom. The van der Waals surface area contributed by atoms with E-state index in [0.29, 0.717) is 15.6 Å². The van der Waals surface area contributed by atoms with Crippen LogP contribution in [0.1, 0.15) is 23.2 Å². The van der Waals surface area contributed by atoms with E-state index in [2.05, 4.69) is 10.2 Å². The summed E-state index contributed by atoms with van der Waals surface area (Å²) in [6.07, 6.45) is 2.50. The zero-order chi connectivity index (χ0) is 17.8. The number of nitrogens with zero attached hydrogens (tertiary/aromatic N) is 1. The fourth-order valence-corrected chi connectivity index (χ4v) is 3.26. The third-order valence-corrected chi connectivity index (χ3v) is 5.12. The summed E-state index contributed by atoms with van der Waals surface area (Å²) >= 11 is 11.8. The summed E-state index contributed by atoms with van der Waals surface area (Å²) in [7, 11) is 1.76. The second-order valence-corrected chi connectivity index (χ2v) is 6.89. The molecule has 3 rings (SSSR count). The van der Waals surface area contributed by atoms with E-state index in [-0.39, 0.29) is 12.0 Å². The summed E-state index contributed by atoms with van der Waals surface area (Å²) in [4.78, 5) is 14.6. The van der Waals surface area contributed by atoms with E-state index in [0.717, 1.165) is 37.3 Å². The van der Waals surface area contributed by atoms with E-state index >= 15 is 0 Å². The predicted octanol–water partition coefficient (Wildman–Crippen LogP) is 4.86. The number of halogens is 2. The Morgan fingerprint density at radius 3 is 2.60 bits per heavy atom. The highest BCUT2D eigenvalue weighted by Gasteiger charge is 2.19. The van der Waals surface area contributed by atoms with E-state index in [1.807, 2.05) is 24.3 Å². The maximum atomic E-state index is 12.3. The van der Waals surface area contributed by atoms with Crippen LogP contribution in [0, 0.1) is 0 Å². The zero-order valence-corrected chi connectivity index (χ0v) is 15.5. The van der Waals surface area contributed by atoms with Crippen LogP contribution >= 0.6 is 23.2 Å². The minimum absolute atomic E-state index is 0.219. The van der Waals surface area contributed by atoms with Crippen LogP contribution in [0.5, 0.6) is 0 Å². The number of benzene rings is 2. The molecule has 0 aliphatic carbocycles. The van der Waals surface area contributed by atoms with Gasteiger partial charge in [0.1, 0.15) is 0 Å². The molecular weight excluding hydrogens is 359 g/mol. The second-order valence-electron chi connectivity index (χ2n) is 6.08. The molecule has 0 aromatic heterocycles. The van der Waals surface area contributed by atoms with Crippen molar-refractivity contribution in [1.82, 2.24) is 0 Å². The van der Waals surface area contributed by atoms with Crippen LogP contribution in [0.4, 0.5) is 11.4 Å². The van der Waals surface area contributed by atoms with Gasteiger partial charge in [-0.25, -0.2) is 0 Å². The van der Waals surface area contributed by atoms with E-state index in [9.17, 15) is 4.79 Å². The van der Waals surface area contributed by atoms with Crippen LogP contribution in [-0.2, 0) is 4.74 Å². The molecule has 4 nitrogen and oxygen atoms in total. The topological polar surface area (TPSA) is 41.6 Å². The number of carbonyl (C=O) groups is 1. The van der Waals surface area contributed by atoms with Crippen LogP contribution in [-0.4, -0.2) is 32.2 Å². The van der Waals surface area contributed by atoms with Crippen LogP contribution in [0.25, 0.3) is 0 Å². The standard InChI is InChI=1S/C19H20Cl2N2O2/c1-25-16-3-2-10-23(12-16)15-7-5-14(6-8-15)22-19(24)13-4-9-17(20)18(21)11-13/h4-9,11,16H,2-3,10,12H2,1H3,(H,22,24). The molecule has 1 N–H and O–H groups in total. The Hall–Kier alpha value is -1.75. The van der Waals surface area contributed by atoms with Gasteiger partial charge in [-0.2, -0.15) is 0 Å². The van der Waals surface area contributed by atoms with E-state index < -0.39 is 0 Å². The van der Waals surface area contributed by atoms with Crippen LogP contribution in [0.2, 0.25) is 10.0 Å². The molecule has 1 unspecified atom stereocenters. The van der Waals surface area contributed by atoms with Crippen LogP contribution in [0.3, 0.4) is 0 Å². The third kappa shape index (κ3) is 4.46. The molecule has 1 aliphatic rings. The lowest BCUT2D eigenvalue weighted by Gasteiger charge is -2.33. The monoisotopic (exact) mass is 378 g/mol. The second kappa shape index (κ2) is 8.09. The normalized spacial score (nSPS) is 17.4. The number of ether oxygens (including phenoxy) is 1. The molecule has 2 aromatic carbocycles. The number of hydrogen-bond acceptors (Lipinski definition) is 3. The predicted molar refractivity (Wildman–Crippen MR) is 103 cm³/mol. The van der Waals surface area contributed by atoms with E-state index in [4.69, 9.17) is 27.9 Å². The first kappa shape index (κ1) is 18.1. The summed E-state index contributed by atoms with van der Waals surface area (Å²) in [5, 5.41) is 3.66. The molecule has 6 heteroatoms. The SMILES string of the molecule is COC1CCCN(c2ccc(NC(=O)c3ccc(Cl)c(Cl)c3)cc2)C1. The van der Waals surface area contributed by atoms with Gasteiger partial charge in [0, 0.05) is 37.1 Å². The molecule has 1 fully saturated rings. The Morgan fingerprint density at radius 2 is 1.92 bits per heavy atom. The lowest BCUT2D eigenvalue weighted by molar-refractivity contribution is 0.0893. The number of rotatable bonds is 4. The molecule has 25 heavy (non-hydrogen) atoms. The lowest BCUT2D eigenvalue weighted by Crippen LogP contribution is -2.39. The number of hydrogen-bond donors (Lipinski definition) is 1. The smallest absolute Gasteiger partial charge is 0.255 e. The molecule has 0 radical (unpaired) electrons. The third-order valence-electron chi connectivity index (χ3n) is 4.38. The molecule has 2 aromatic rings. The number of nitrogens with one attached hydrogen (secondary N) is 1. The maximum Gasteiger partial charge on any atom is 0.255 e. The fourth-order valence-electron chi connectivity index (χ4n) is 2.96. The van der Waals surface area contributed by atoms with Gasteiger partial charge < -0.3 is 15.0 Å². The maximum absolute atomic E-state index is 12.3. The highest BCUT2D eigenvalue weighted by molar-refractivity contribution is 6.42. The van der Waals surface area contributed by atoms with E-state index in [1.165, 1.54) is 0 Å². The lowest BCUT2D eigenvalue weighted by atomic mass is 10.1. The minimum Gasteiger partial charge on any atom is -0.380 e. The first-order valence-corrected chi connectivity index (χ1v) is 8.96. The first-order chi connectivity index (χ1) is 12.1. The molecule has 1 atom stereocenters. The van der Waals surface area contributed by atoms with Gasteiger partial charge in [-0.05, 0) is 55.3 Å². The molecular formula is C19H20Cl2N2O2. The Balaban J connectivity index is 1.66. The van der Waals surface area contributed by atoms with Crippen molar-refractivity contribution < 1.29 is 9.53 Å². The summed E-state index contributed by atoms with van der Waals surface area (Å²) in [5.41, 5.74) is 2.34. The Kier molecular flexibility index (Phi) is 5.84. The van der Waals surface area contributed by atoms with Gasteiger partial charge in [0.15, 0.2) is 0 Å². The van der Waals surface area contributed by atoms with Crippen molar-refractivity contribution in [3.05, 3.63) is 58.1 Å².